The molecule has 30 heavy (non-hydrogen) atoms. The van der Waals surface area contributed by atoms with Crippen molar-refractivity contribution in [3.63, 3.8) is 0 Å². The molecule has 3 heterocycles. The van der Waals surface area contributed by atoms with Gasteiger partial charge in [-0.3, -0.25) is 4.90 Å². The molecule has 2 aromatic rings. The quantitative estimate of drug-likeness (QED) is 0.673. The highest BCUT2D eigenvalue weighted by Gasteiger charge is 2.33. The van der Waals surface area contributed by atoms with Crippen LogP contribution in [0, 0.1) is 5.92 Å². The molecule has 0 aliphatic carbocycles. The van der Waals surface area contributed by atoms with Gasteiger partial charge in [-0.05, 0) is 74.7 Å². The Hall–Kier alpha value is -2.35. The van der Waals surface area contributed by atoms with Gasteiger partial charge in [0.15, 0.2) is 0 Å². The molecule has 4 rings (SSSR count). The van der Waals surface area contributed by atoms with Gasteiger partial charge in [-0.1, -0.05) is 11.6 Å². The van der Waals surface area contributed by atoms with E-state index in [1.807, 2.05) is 36.4 Å². The highest BCUT2D eigenvalue weighted by molar-refractivity contribution is 6.30. The summed E-state index contributed by atoms with van der Waals surface area (Å²) in [5.74, 6) is 1.87. The smallest absolute Gasteiger partial charge is 0.430 e. The van der Waals surface area contributed by atoms with Gasteiger partial charge in [-0.15, -0.1) is 0 Å². The van der Waals surface area contributed by atoms with Crippen molar-refractivity contribution >= 4 is 23.9 Å². The number of cyclic esters (lactones) is 1. The maximum atomic E-state index is 12.1. The van der Waals surface area contributed by atoms with E-state index in [1.165, 1.54) is 11.2 Å². The summed E-state index contributed by atoms with van der Waals surface area (Å²) in [5.41, 5.74) is 0.919. The van der Waals surface area contributed by atoms with Gasteiger partial charge in [0, 0.05) is 23.7 Å². The first-order chi connectivity index (χ1) is 14.6. The Balaban J connectivity index is 1.29. The van der Waals surface area contributed by atoms with Crippen molar-refractivity contribution in [3.8, 4) is 11.3 Å². The number of hydrogen-bond acceptors (Lipinski definition) is 6. The van der Waals surface area contributed by atoms with Crippen molar-refractivity contribution in [3.05, 3.63) is 47.2 Å². The minimum Gasteiger partial charge on any atom is -0.455 e. The molecule has 160 valence electrons. The third kappa shape index (κ3) is 5.22. The van der Waals surface area contributed by atoms with E-state index in [2.05, 4.69) is 10.0 Å². The minimum absolute atomic E-state index is 0.190. The molecule has 2 saturated heterocycles. The van der Waals surface area contributed by atoms with Crippen molar-refractivity contribution in [2.75, 3.05) is 32.8 Å². The Bertz CT molecular complexity index is 875. The van der Waals surface area contributed by atoms with E-state index in [4.69, 9.17) is 25.9 Å². The molecule has 1 atom stereocenters. The van der Waals surface area contributed by atoms with Gasteiger partial charge in [0.25, 0.3) is 0 Å². The van der Waals surface area contributed by atoms with Crippen LogP contribution in [0.5, 0.6) is 0 Å². The summed E-state index contributed by atoms with van der Waals surface area (Å²) in [6.45, 7) is 3.35. The normalized spacial score (nSPS) is 20.9. The van der Waals surface area contributed by atoms with Crippen LogP contribution in [0.25, 0.3) is 11.3 Å². The number of piperidine rings is 1. The number of carbonyl (C=O) groups excluding carboxylic acids is 1. The summed E-state index contributed by atoms with van der Waals surface area (Å²) in [4.78, 5) is 14.5. The predicted octanol–water partition coefficient (Wildman–Crippen LogP) is 3.85. The van der Waals surface area contributed by atoms with E-state index in [0.29, 0.717) is 35.6 Å². The van der Waals surface area contributed by atoms with Crippen LogP contribution >= 0.6 is 11.6 Å². The fraction of sp³-hybridized carbons (Fsp3) is 0.455. The summed E-state index contributed by atoms with van der Waals surface area (Å²) in [6.07, 6.45) is 3.95. The molecule has 0 radical (unpaired) electrons. The van der Waals surface area contributed by atoms with Gasteiger partial charge >= 0.3 is 6.09 Å². The zero-order valence-electron chi connectivity index (χ0n) is 16.7. The lowest BCUT2D eigenvalue weighted by molar-refractivity contribution is 0.0866. The van der Waals surface area contributed by atoms with Crippen molar-refractivity contribution in [2.24, 2.45) is 11.0 Å². The number of furan rings is 1. The fourth-order valence-corrected chi connectivity index (χ4v) is 4.07. The summed E-state index contributed by atoms with van der Waals surface area (Å²) in [6, 6.07) is 11.1. The molecule has 1 amide bonds. The number of benzene rings is 1. The number of hydrazone groups is 1. The Morgan fingerprint density at radius 3 is 2.67 bits per heavy atom. The molecule has 2 fully saturated rings. The second-order valence-electron chi connectivity index (χ2n) is 7.80. The third-order valence-corrected chi connectivity index (χ3v) is 5.89. The Morgan fingerprint density at radius 2 is 1.93 bits per heavy atom. The molecule has 1 N–H and O–H groups in total. The largest absolute Gasteiger partial charge is 0.455 e. The number of halogens is 1. The molecule has 1 unspecified atom stereocenters. The second kappa shape index (κ2) is 9.64. The van der Waals surface area contributed by atoms with Crippen LogP contribution in [0.4, 0.5) is 4.79 Å². The van der Waals surface area contributed by atoms with E-state index in [0.717, 1.165) is 37.9 Å². The monoisotopic (exact) mass is 431 g/mol. The number of rotatable bonds is 7. The first-order valence-corrected chi connectivity index (χ1v) is 10.7. The molecule has 1 aromatic carbocycles. The lowest BCUT2D eigenvalue weighted by Crippen LogP contribution is -2.40. The number of ether oxygens (including phenoxy) is 1. The Morgan fingerprint density at radius 1 is 1.17 bits per heavy atom. The van der Waals surface area contributed by atoms with Crippen LogP contribution in [0.2, 0.25) is 5.02 Å². The average Bonchev–Trinajstić information content (AvgIpc) is 3.35. The maximum Gasteiger partial charge on any atom is 0.430 e. The average molecular weight is 432 g/mol. The first kappa shape index (κ1) is 20.9. The zero-order chi connectivity index (χ0) is 20.9. The number of aliphatic hydroxyl groups excluding tert-OH is 1. The van der Waals surface area contributed by atoms with Gasteiger partial charge in [0.05, 0.1) is 12.8 Å². The lowest BCUT2D eigenvalue weighted by atomic mass is 9.94. The van der Waals surface area contributed by atoms with Gasteiger partial charge in [0.1, 0.15) is 17.6 Å². The zero-order valence-corrected chi connectivity index (χ0v) is 17.5. The molecular weight excluding hydrogens is 406 g/mol. The van der Waals surface area contributed by atoms with Crippen molar-refractivity contribution in [1.29, 1.82) is 0 Å². The topological polar surface area (TPSA) is 78.5 Å². The molecule has 2 aliphatic heterocycles. The number of aliphatic hydroxyl groups is 1. The van der Waals surface area contributed by atoms with Gasteiger partial charge < -0.3 is 14.3 Å². The van der Waals surface area contributed by atoms with E-state index in [-0.39, 0.29) is 12.7 Å². The summed E-state index contributed by atoms with van der Waals surface area (Å²) >= 11 is 5.92. The van der Waals surface area contributed by atoms with Gasteiger partial charge in [-0.25, -0.2) is 4.79 Å². The minimum atomic E-state index is -0.434. The van der Waals surface area contributed by atoms with Gasteiger partial charge in [0.2, 0.25) is 0 Å². The summed E-state index contributed by atoms with van der Waals surface area (Å²) in [7, 11) is 0. The fourth-order valence-electron chi connectivity index (χ4n) is 3.94. The molecule has 1 aromatic heterocycles. The van der Waals surface area contributed by atoms with E-state index >= 15 is 0 Å². The summed E-state index contributed by atoms with van der Waals surface area (Å²) < 4.78 is 11.3. The van der Waals surface area contributed by atoms with Crippen LogP contribution < -0.4 is 0 Å². The highest BCUT2D eigenvalue weighted by Crippen LogP contribution is 2.24. The van der Waals surface area contributed by atoms with Crippen LogP contribution in [-0.4, -0.2) is 66.2 Å². The van der Waals surface area contributed by atoms with E-state index in [1.54, 1.807) is 0 Å². The predicted molar refractivity (Wildman–Crippen MR) is 115 cm³/mol. The van der Waals surface area contributed by atoms with E-state index in [9.17, 15) is 4.79 Å². The van der Waals surface area contributed by atoms with Crippen LogP contribution in [0.15, 0.2) is 45.9 Å². The third-order valence-electron chi connectivity index (χ3n) is 5.64. The Kier molecular flexibility index (Phi) is 6.72. The maximum absolute atomic E-state index is 12.1. The highest BCUT2D eigenvalue weighted by atomic mass is 35.5. The molecule has 8 heteroatoms. The number of nitrogens with zero attached hydrogens (tertiary/aromatic N) is 3. The SMILES string of the molecule is O=C1OC(CN2CCC(CCO)CC2)CN1/N=C/c1ccc(-c2ccc(Cl)cc2)o1. The number of likely N-dealkylation sites (tertiary alicyclic amines) is 1. The van der Waals surface area contributed by atoms with Crippen molar-refractivity contribution in [2.45, 2.75) is 25.4 Å². The molecule has 0 spiro atoms. The number of hydrogen-bond donors (Lipinski definition) is 1. The lowest BCUT2D eigenvalue weighted by Gasteiger charge is -2.32. The van der Waals surface area contributed by atoms with E-state index < -0.39 is 6.09 Å². The molecule has 0 saturated carbocycles. The van der Waals surface area contributed by atoms with Crippen molar-refractivity contribution in [1.82, 2.24) is 9.91 Å². The molecular formula is C22H26ClN3O4. The standard InChI is InChI=1S/C22H26ClN3O4/c23-18-3-1-17(2-4-18)21-6-5-19(29-21)13-24-26-15-20(30-22(26)28)14-25-10-7-16(8-11-25)9-12-27/h1-6,13,16,20,27H,7-12,14-15H2/b24-13+. The van der Waals surface area contributed by atoms with Gasteiger partial charge in [-0.2, -0.15) is 10.1 Å². The molecule has 0 bridgehead atoms. The van der Waals surface area contributed by atoms with Crippen LogP contribution in [0.3, 0.4) is 0 Å². The molecule has 2 aliphatic rings. The Labute approximate surface area is 180 Å². The number of amides is 1. The first-order valence-electron chi connectivity index (χ1n) is 10.3. The second-order valence-corrected chi connectivity index (χ2v) is 8.23. The summed E-state index contributed by atoms with van der Waals surface area (Å²) in [5, 5.41) is 15.3. The number of carbonyl (C=O) groups is 1. The molecule has 7 nitrogen and oxygen atoms in total. The van der Waals surface area contributed by atoms with Crippen molar-refractivity contribution < 1.29 is 19.1 Å². The van der Waals surface area contributed by atoms with Crippen LogP contribution in [0.1, 0.15) is 25.0 Å². The van der Waals surface area contributed by atoms with Crippen LogP contribution in [-0.2, 0) is 4.74 Å².